The highest BCUT2D eigenvalue weighted by molar-refractivity contribution is 6.21. The van der Waals surface area contributed by atoms with Crippen LogP contribution in [0.3, 0.4) is 0 Å². The van der Waals surface area contributed by atoms with Gasteiger partial charge in [0.05, 0.1) is 22.1 Å². The molecule has 0 saturated carbocycles. The van der Waals surface area contributed by atoms with Gasteiger partial charge in [0.2, 0.25) is 0 Å². The third-order valence-electron chi connectivity index (χ3n) is 6.05. The zero-order valence-electron chi connectivity index (χ0n) is 18.1. The quantitative estimate of drug-likeness (QED) is 0.280. The molecule has 0 bridgehead atoms. The maximum absolute atomic E-state index is 12.9. The highest BCUT2D eigenvalue weighted by atomic mass is 16.1. The Balaban J connectivity index is 1.51. The summed E-state index contributed by atoms with van der Waals surface area (Å²) in [6, 6.07) is 19.1. The van der Waals surface area contributed by atoms with E-state index >= 15 is 0 Å². The van der Waals surface area contributed by atoms with E-state index in [1.807, 2.05) is 62.4 Å². The van der Waals surface area contributed by atoms with Gasteiger partial charge < -0.3 is 5.32 Å². The average Bonchev–Trinajstić information content (AvgIpc) is 2.85. The molecule has 0 unspecified atom stereocenters. The van der Waals surface area contributed by atoms with E-state index in [-0.39, 0.29) is 5.91 Å². The summed E-state index contributed by atoms with van der Waals surface area (Å²) >= 11 is 0. The van der Waals surface area contributed by atoms with Gasteiger partial charge in [-0.25, -0.2) is 9.97 Å². The van der Waals surface area contributed by atoms with Crippen molar-refractivity contribution in [2.75, 3.05) is 5.32 Å². The summed E-state index contributed by atoms with van der Waals surface area (Å²) in [6.07, 6.45) is 3.51. The van der Waals surface area contributed by atoms with Crippen LogP contribution in [0.1, 0.15) is 21.5 Å². The number of carbonyl (C=O) groups excluding carboxylic acids is 1. The second-order valence-corrected chi connectivity index (χ2v) is 8.18. The Bertz CT molecular complexity index is 1740. The minimum absolute atomic E-state index is 0.190. The Labute approximate surface area is 189 Å². The summed E-state index contributed by atoms with van der Waals surface area (Å²) in [4.78, 5) is 31.8. The van der Waals surface area contributed by atoms with E-state index in [0.717, 1.165) is 33.1 Å². The first-order valence-electron chi connectivity index (χ1n) is 10.7. The van der Waals surface area contributed by atoms with Gasteiger partial charge in [-0.15, -0.1) is 0 Å². The summed E-state index contributed by atoms with van der Waals surface area (Å²) in [5, 5.41) is 4.94. The SMILES string of the molecule is Cc1ccc(NC(=O)c2ccc3nc4c5ncccc5c5cccnc5c4nc3c2)cc1C. The number of anilines is 1. The van der Waals surface area contributed by atoms with Gasteiger partial charge in [0.1, 0.15) is 11.0 Å². The molecular formula is C27H19N5O. The summed E-state index contributed by atoms with van der Waals surface area (Å²) in [5.41, 5.74) is 7.88. The number of aryl methyl sites for hydroxylation is 2. The molecule has 158 valence electrons. The molecule has 3 aromatic heterocycles. The van der Waals surface area contributed by atoms with Crippen LogP contribution in [0.25, 0.3) is 43.9 Å². The fraction of sp³-hybridized carbons (Fsp3) is 0.0741. The van der Waals surface area contributed by atoms with Crippen molar-refractivity contribution >= 4 is 55.5 Å². The molecule has 6 heteroatoms. The number of benzene rings is 3. The molecule has 0 aliphatic rings. The van der Waals surface area contributed by atoms with Crippen LogP contribution < -0.4 is 5.32 Å². The molecule has 0 atom stereocenters. The smallest absolute Gasteiger partial charge is 0.255 e. The lowest BCUT2D eigenvalue weighted by molar-refractivity contribution is 0.102. The minimum atomic E-state index is -0.190. The second-order valence-electron chi connectivity index (χ2n) is 8.18. The molecule has 3 aromatic carbocycles. The van der Waals surface area contributed by atoms with Crippen LogP contribution in [0.15, 0.2) is 73.1 Å². The van der Waals surface area contributed by atoms with E-state index in [1.165, 1.54) is 5.56 Å². The zero-order chi connectivity index (χ0) is 22.5. The van der Waals surface area contributed by atoms with Gasteiger partial charge in [-0.2, -0.15) is 0 Å². The molecule has 0 spiro atoms. The van der Waals surface area contributed by atoms with Gasteiger partial charge in [0, 0.05) is 34.4 Å². The average molecular weight is 429 g/mol. The van der Waals surface area contributed by atoms with Crippen LogP contribution in [0.4, 0.5) is 5.69 Å². The Hall–Kier alpha value is -4.45. The van der Waals surface area contributed by atoms with E-state index < -0.39 is 0 Å². The predicted molar refractivity (Wildman–Crippen MR) is 132 cm³/mol. The van der Waals surface area contributed by atoms with Crippen molar-refractivity contribution < 1.29 is 4.79 Å². The molecule has 6 aromatic rings. The van der Waals surface area contributed by atoms with Crippen molar-refractivity contribution in [2.45, 2.75) is 13.8 Å². The topological polar surface area (TPSA) is 80.7 Å². The van der Waals surface area contributed by atoms with Gasteiger partial charge in [0.25, 0.3) is 5.91 Å². The number of hydrogen-bond donors (Lipinski definition) is 1. The fourth-order valence-electron chi connectivity index (χ4n) is 4.17. The van der Waals surface area contributed by atoms with E-state index in [9.17, 15) is 4.79 Å². The third-order valence-corrected chi connectivity index (χ3v) is 6.05. The van der Waals surface area contributed by atoms with Gasteiger partial charge >= 0.3 is 0 Å². The zero-order valence-corrected chi connectivity index (χ0v) is 18.1. The summed E-state index contributed by atoms with van der Waals surface area (Å²) in [5.74, 6) is -0.190. The Morgan fingerprint density at radius 1 is 0.697 bits per heavy atom. The standard InChI is InChI=1S/C27H19N5O/c1-15-7-9-18(13-16(15)2)30-27(33)17-8-10-21-22(14-17)32-26-24-20(6-4-12-29-24)19-5-3-11-28-23(19)25(26)31-21/h3-14H,1-2H3,(H,30,33). The molecule has 0 saturated heterocycles. The number of carbonyl (C=O) groups is 1. The predicted octanol–water partition coefficient (Wildman–Crippen LogP) is 5.75. The largest absolute Gasteiger partial charge is 0.322 e. The molecule has 6 rings (SSSR count). The first-order valence-corrected chi connectivity index (χ1v) is 10.7. The van der Waals surface area contributed by atoms with E-state index in [4.69, 9.17) is 9.97 Å². The molecule has 6 nitrogen and oxygen atoms in total. The van der Waals surface area contributed by atoms with Crippen LogP contribution in [-0.2, 0) is 0 Å². The molecule has 0 radical (unpaired) electrons. The number of amides is 1. The van der Waals surface area contributed by atoms with Crippen LogP contribution in [0, 0.1) is 13.8 Å². The molecule has 0 aliphatic carbocycles. The van der Waals surface area contributed by atoms with Crippen LogP contribution in [0.2, 0.25) is 0 Å². The molecule has 0 fully saturated rings. The van der Waals surface area contributed by atoms with Crippen molar-refractivity contribution in [1.29, 1.82) is 0 Å². The highest BCUT2D eigenvalue weighted by Gasteiger charge is 2.15. The minimum Gasteiger partial charge on any atom is -0.322 e. The maximum Gasteiger partial charge on any atom is 0.255 e. The van der Waals surface area contributed by atoms with Crippen molar-refractivity contribution in [3.63, 3.8) is 0 Å². The normalized spacial score (nSPS) is 11.5. The first kappa shape index (κ1) is 19.3. The second kappa shape index (κ2) is 7.31. The number of nitrogens with one attached hydrogen (secondary N) is 1. The monoisotopic (exact) mass is 429 g/mol. The summed E-state index contributed by atoms with van der Waals surface area (Å²) < 4.78 is 0. The van der Waals surface area contributed by atoms with Crippen molar-refractivity contribution in [3.8, 4) is 0 Å². The van der Waals surface area contributed by atoms with Gasteiger partial charge in [-0.1, -0.05) is 18.2 Å². The summed E-state index contributed by atoms with van der Waals surface area (Å²) in [6.45, 7) is 4.07. The van der Waals surface area contributed by atoms with Crippen molar-refractivity contribution in [3.05, 3.63) is 89.7 Å². The summed E-state index contributed by atoms with van der Waals surface area (Å²) in [7, 11) is 0. The van der Waals surface area contributed by atoms with E-state index in [0.29, 0.717) is 27.6 Å². The van der Waals surface area contributed by atoms with E-state index in [1.54, 1.807) is 24.5 Å². The number of fused-ring (bicyclic) bond motifs is 7. The van der Waals surface area contributed by atoms with Gasteiger partial charge in [-0.05, 0) is 67.4 Å². The Kier molecular flexibility index (Phi) is 4.26. The fourth-order valence-corrected chi connectivity index (χ4v) is 4.17. The Morgan fingerprint density at radius 2 is 1.36 bits per heavy atom. The van der Waals surface area contributed by atoms with Crippen LogP contribution in [0.5, 0.6) is 0 Å². The number of hydrogen-bond acceptors (Lipinski definition) is 5. The maximum atomic E-state index is 12.9. The molecule has 0 aliphatic heterocycles. The number of pyridine rings is 2. The number of aromatic nitrogens is 4. The third kappa shape index (κ3) is 3.15. The Morgan fingerprint density at radius 3 is 2.03 bits per heavy atom. The van der Waals surface area contributed by atoms with Crippen LogP contribution in [-0.4, -0.2) is 25.8 Å². The van der Waals surface area contributed by atoms with Crippen molar-refractivity contribution in [1.82, 2.24) is 19.9 Å². The number of rotatable bonds is 2. The van der Waals surface area contributed by atoms with E-state index in [2.05, 4.69) is 15.3 Å². The number of nitrogens with zero attached hydrogens (tertiary/aromatic N) is 4. The molecule has 1 N–H and O–H groups in total. The lowest BCUT2D eigenvalue weighted by Crippen LogP contribution is -2.12. The first-order chi connectivity index (χ1) is 16.1. The van der Waals surface area contributed by atoms with Gasteiger partial charge in [0.15, 0.2) is 0 Å². The molecular weight excluding hydrogens is 410 g/mol. The van der Waals surface area contributed by atoms with Crippen molar-refractivity contribution in [2.24, 2.45) is 0 Å². The van der Waals surface area contributed by atoms with Gasteiger partial charge in [-0.3, -0.25) is 14.8 Å². The van der Waals surface area contributed by atoms with Crippen LogP contribution >= 0.6 is 0 Å². The highest BCUT2D eigenvalue weighted by Crippen LogP contribution is 2.31. The lowest BCUT2D eigenvalue weighted by atomic mass is 10.1. The molecule has 33 heavy (non-hydrogen) atoms. The molecule has 3 heterocycles. The molecule has 1 amide bonds. The lowest BCUT2D eigenvalue weighted by Gasteiger charge is -2.10.